The van der Waals surface area contributed by atoms with E-state index >= 15 is 0 Å². The Bertz CT molecular complexity index is 1000. The van der Waals surface area contributed by atoms with Gasteiger partial charge in [-0.25, -0.2) is 8.42 Å². The van der Waals surface area contributed by atoms with E-state index < -0.39 is 10.0 Å². The molecular weight excluding hydrogens is 324 g/mol. The van der Waals surface area contributed by atoms with E-state index in [0.29, 0.717) is 11.4 Å². The monoisotopic (exact) mass is 344 g/mol. The van der Waals surface area contributed by atoms with E-state index in [1.54, 1.807) is 25.3 Å². The smallest absolute Gasteiger partial charge is 0.261 e. The number of benzene rings is 2. The van der Waals surface area contributed by atoms with E-state index in [1.165, 1.54) is 12.1 Å². The number of methoxy groups -OCH3 is 1. The molecule has 1 N–H and O–H groups in total. The fourth-order valence-corrected chi connectivity index (χ4v) is 3.93. The van der Waals surface area contributed by atoms with E-state index in [9.17, 15) is 8.42 Å². The Morgan fingerprint density at radius 2 is 1.71 bits per heavy atom. The molecule has 0 radical (unpaired) electrons. The quantitative estimate of drug-likeness (QED) is 0.786. The molecule has 0 aliphatic rings. The molecule has 0 aliphatic heterocycles. The zero-order valence-corrected chi connectivity index (χ0v) is 14.9. The largest absolute Gasteiger partial charge is 0.497 e. The molecule has 0 fully saturated rings. The summed E-state index contributed by atoms with van der Waals surface area (Å²) in [7, 11) is -0.185. The molecule has 6 heteroatoms. The van der Waals surface area contributed by atoms with Gasteiger partial charge in [-0.1, -0.05) is 12.1 Å². The summed E-state index contributed by atoms with van der Waals surface area (Å²) in [6, 6.07) is 12.0. The van der Waals surface area contributed by atoms with E-state index in [-0.39, 0.29) is 4.90 Å². The number of fused-ring (bicyclic) bond motifs is 1. The average Bonchev–Trinajstić information content (AvgIpc) is 2.80. The van der Waals surface area contributed by atoms with Gasteiger partial charge in [-0.15, -0.1) is 0 Å². The molecule has 0 spiro atoms. The number of sulfonamides is 1. The van der Waals surface area contributed by atoms with E-state index in [0.717, 1.165) is 22.2 Å². The van der Waals surface area contributed by atoms with Gasteiger partial charge in [0.15, 0.2) is 0 Å². The number of aryl methyl sites for hydroxylation is 2. The highest BCUT2D eigenvalue weighted by Crippen LogP contribution is 2.31. The molecule has 0 saturated heterocycles. The first kappa shape index (κ1) is 16.4. The van der Waals surface area contributed by atoms with Crippen LogP contribution in [0.15, 0.2) is 47.4 Å². The van der Waals surface area contributed by atoms with Crippen molar-refractivity contribution in [3.05, 3.63) is 53.7 Å². The number of aromatic nitrogens is 1. The number of nitrogens with zero attached hydrogens (tertiary/aromatic N) is 1. The van der Waals surface area contributed by atoms with Crippen molar-refractivity contribution in [2.24, 2.45) is 7.05 Å². The highest BCUT2D eigenvalue weighted by molar-refractivity contribution is 7.92. The predicted molar refractivity (Wildman–Crippen MR) is 96.2 cm³/mol. The number of hydrogen-bond donors (Lipinski definition) is 1. The number of ether oxygens (including phenoxy) is 1. The highest BCUT2D eigenvalue weighted by atomic mass is 32.2. The van der Waals surface area contributed by atoms with Crippen LogP contribution in [0.1, 0.15) is 11.3 Å². The van der Waals surface area contributed by atoms with Crippen molar-refractivity contribution in [2.75, 3.05) is 11.8 Å². The van der Waals surface area contributed by atoms with Crippen LogP contribution in [0.5, 0.6) is 5.75 Å². The third-order valence-corrected chi connectivity index (χ3v) is 5.82. The predicted octanol–water partition coefficient (Wildman–Crippen LogP) is 3.60. The van der Waals surface area contributed by atoms with Crippen molar-refractivity contribution in [3.8, 4) is 5.75 Å². The fraction of sp³-hybridized carbons (Fsp3) is 0.222. The molecule has 24 heavy (non-hydrogen) atoms. The summed E-state index contributed by atoms with van der Waals surface area (Å²) < 4.78 is 35.2. The van der Waals surface area contributed by atoms with Gasteiger partial charge in [0, 0.05) is 18.1 Å². The lowest BCUT2D eigenvalue weighted by Crippen LogP contribution is -2.13. The van der Waals surface area contributed by atoms with E-state index in [1.807, 2.05) is 37.6 Å². The number of hydrogen-bond acceptors (Lipinski definition) is 3. The third kappa shape index (κ3) is 2.63. The summed E-state index contributed by atoms with van der Waals surface area (Å²) in [6.07, 6.45) is 0. The summed E-state index contributed by atoms with van der Waals surface area (Å²) in [5, 5.41) is 1.05. The molecule has 1 aromatic heterocycles. The lowest BCUT2D eigenvalue weighted by atomic mass is 10.1. The van der Waals surface area contributed by atoms with Gasteiger partial charge in [0.2, 0.25) is 0 Å². The van der Waals surface area contributed by atoms with Crippen LogP contribution in [0, 0.1) is 13.8 Å². The van der Waals surface area contributed by atoms with Crippen molar-refractivity contribution >= 4 is 26.6 Å². The first-order valence-corrected chi connectivity index (χ1v) is 9.05. The summed E-state index contributed by atoms with van der Waals surface area (Å²) in [4.78, 5) is 0.197. The van der Waals surface area contributed by atoms with Gasteiger partial charge in [0.05, 0.1) is 23.2 Å². The van der Waals surface area contributed by atoms with Crippen LogP contribution in [0.2, 0.25) is 0 Å². The maximum Gasteiger partial charge on any atom is 0.261 e. The molecule has 1 heterocycles. The molecule has 0 bridgehead atoms. The standard InChI is InChI=1S/C18H20N2O3S/c1-12-13(2)20(3)18-16(12)6-5-7-17(18)19-24(21,22)15-10-8-14(23-4)9-11-15/h5-11,19H,1-4H3. The Morgan fingerprint density at radius 3 is 2.33 bits per heavy atom. The molecule has 2 aromatic carbocycles. The lowest BCUT2D eigenvalue weighted by Gasteiger charge is -2.11. The Kier molecular flexibility index (Phi) is 4.01. The Hall–Kier alpha value is -2.47. The Balaban J connectivity index is 2.07. The van der Waals surface area contributed by atoms with Gasteiger partial charge in [-0.3, -0.25) is 4.72 Å². The van der Waals surface area contributed by atoms with Crippen molar-refractivity contribution in [1.29, 1.82) is 0 Å². The number of rotatable bonds is 4. The topological polar surface area (TPSA) is 60.3 Å². The molecule has 3 rings (SSSR count). The molecular formula is C18H20N2O3S. The SMILES string of the molecule is COc1ccc(S(=O)(=O)Nc2cccc3c(C)c(C)n(C)c23)cc1. The van der Waals surface area contributed by atoms with Crippen LogP contribution in [-0.2, 0) is 17.1 Å². The maximum atomic E-state index is 12.7. The average molecular weight is 344 g/mol. The van der Waals surface area contributed by atoms with Crippen molar-refractivity contribution in [3.63, 3.8) is 0 Å². The highest BCUT2D eigenvalue weighted by Gasteiger charge is 2.18. The maximum absolute atomic E-state index is 12.7. The van der Waals surface area contributed by atoms with E-state index in [4.69, 9.17) is 4.74 Å². The molecule has 126 valence electrons. The van der Waals surface area contributed by atoms with Gasteiger partial charge in [-0.05, 0) is 49.7 Å². The second kappa shape index (κ2) is 5.87. The molecule has 5 nitrogen and oxygen atoms in total. The first-order valence-electron chi connectivity index (χ1n) is 7.56. The van der Waals surface area contributed by atoms with Crippen LogP contribution < -0.4 is 9.46 Å². The number of para-hydroxylation sites is 1. The normalized spacial score (nSPS) is 11.7. The van der Waals surface area contributed by atoms with Crippen molar-refractivity contribution < 1.29 is 13.2 Å². The minimum atomic E-state index is -3.67. The van der Waals surface area contributed by atoms with Gasteiger partial charge in [0.1, 0.15) is 5.75 Å². The summed E-state index contributed by atoms with van der Waals surface area (Å²) in [5.41, 5.74) is 3.71. The zero-order valence-electron chi connectivity index (χ0n) is 14.1. The van der Waals surface area contributed by atoms with Gasteiger partial charge < -0.3 is 9.30 Å². The molecule has 0 atom stereocenters. The second-order valence-corrected chi connectivity index (χ2v) is 7.43. The summed E-state index contributed by atoms with van der Waals surface area (Å²) in [5.74, 6) is 0.615. The summed E-state index contributed by atoms with van der Waals surface area (Å²) in [6.45, 7) is 4.07. The van der Waals surface area contributed by atoms with E-state index in [2.05, 4.69) is 4.72 Å². The van der Waals surface area contributed by atoms with Crippen LogP contribution in [0.25, 0.3) is 10.9 Å². The van der Waals surface area contributed by atoms with Crippen LogP contribution in [-0.4, -0.2) is 20.1 Å². The molecule has 0 saturated carbocycles. The van der Waals surface area contributed by atoms with Crippen LogP contribution >= 0.6 is 0 Å². The summed E-state index contributed by atoms with van der Waals surface area (Å²) >= 11 is 0. The third-order valence-electron chi connectivity index (χ3n) is 4.44. The minimum Gasteiger partial charge on any atom is -0.497 e. The minimum absolute atomic E-state index is 0.197. The molecule has 0 amide bonds. The fourth-order valence-electron chi connectivity index (χ4n) is 2.86. The molecule has 3 aromatic rings. The number of anilines is 1. The number of nitrogens with one attached hydrogen (secondary N) is 1. The molecule has 0 unspecified atom stereocenters. The zero-order chi connectivity index (χ0) is 17.5. The molecule has 0 aliphatic carbocycles. The van der Waals surface area contributed by atoms with Crippen molar-refractivity contribution in [1.82, 2.24) is 4.57 Å². The van der Waals surface area contributed by atoms with Gasteiger partial charge >= 0.3 is 0 Å². The van der Waals surface area contributed by atoms with Crippen LogP contribution in [0.3, 0.4) is 0 Å². The Morgan fingerprint density at radius 1 is 1.04 bits per heavy atom. The lowest BCUT2D eigenvalue weighted by molar-refractivity contribution is 0.414. The first-order chi connectivity index (χ1) is 11.3. The van der Waals surface area contributed by atoms with Gasteiger partial charge in [-0.2, -0.15) is 0 Å². The van der Waals surface area contributed by atoms with Crippen molar-refractivity contribution in [2.45, 2.75) is 18.7 Å². The Labute approximate surface area is 141 Å². The van der Waals surface area contributed by atoms with Crippen LogP contribution in [0.4, 0.5) is 5.69 Å². The van der Waals surface area contributed by atoms with Gasteiger partial charge in [0.25, 0.3) is 10.0 Å². The second-order valence-electron chi connectivity index (χ2n) is 5.75.